The molecule has 5 nitrogen and oxygen atoms in total. The zero-order valence-corrected chi connectivity index (χ0v) is 19.0. The Morgan fingerprint density at radius 1 is 0.939 bits per heavy atom. The minimum absolute atomic E-state index is 0.0268. The van der Waals surface area contributed by atoms with E-state index >= 15 is 0 Å². The third-order valence-electron chi connectivity index (χ3n) is 6.17. The fourth-order valence-corrected chi connectivity index (χ4v) is 4.38. The van der Waals surface area contributed by atoms with Crippen LogP contribution in [-0.4, -0.2) is 44.2 Å². The summed E-state index contributed by atoms with van der Waals surface area (Å²) in [5.41, 5.74) is 2.44. The highest BCUT2D eigenvalue weighted by atomic mass is 19.1. The Labute approximate surface area is 194 Å². The Balaban J connectivity index is 1.51. The van der Waals surface area contributed by atoms with Crippen molar-refractivity contribution in [1.82, 2.24) is 4.90 Å². The minimum Gasteiger partial charge on any atom is -0.497 e. The number of anilines is 1. The lowest BCUT2D eigenvalue weighted by atomic mass is 10.00. The largest absolute Gasteiger partial charge is 0.497 e. The average Bonchev–Trinajstić information content (AvgIpc) is 2.86. The number of para-hydroxylation sites is 1. The van der Waals surface area contributed by atoms with Gasteiger partial charge in [0.2, 0.25) is 0 Å². The molecule has 3 aromatic rings. The van der Waals surface area contributed by atoms with E-state index in [1.165, 1.54) is 12.1 Å². The monoisotopic (exact) mass is 448 g/mol. The molecule has 0 unspecified atom stereocenters. The Bertz CT molecular complexity index is 1060. The average molecular weight is 449 g/mol. The summed E-state index contributed by atoms with van der Waals surface area (Å²) in [6.07, 6.45) is 1.66. The van der Waals surface area contributed by atoms with Gasteiger partial charge in [-0.1, -0.05) is 18.2 Å². The number of ether oxygens (including phenoxy) is 2. The van der Waals surface area contributed by atoms with Gasteiger partial charge in [-0.05, 0) is 67.4 Å². The Morgan fingerprint density at radius 2 is 1.61 bits per heavy atom. The molecule has 1 amide bonds. The fourth-order valence-electron chi connectivity index (χ4n) is 4.38. The second-order valence-corrected chi connectivity index (χ2v) is 8.20. The van der Waals surface area contributed by atoms with Gasteiger partial charge < -0.3 is 14.4 Å². The second-order valence-electron chi connectivity index (χ2n) is 8.20. The van der Waals surface area contributed by atoms with Gasteiger partial charge >= 0.3 is 0 Å². The van der Waals surface area contributed by atoms with Gasteiger partial charge in [0.1, 0.15) is 17.3 Å². The summed E-state index contributed by atoms with van der Waals surface area (Å²) in [4.78, 5) is 17.8. The summed E-state index contributed by atoms with van der Waals surface area (Å²) in [7, 11) is 3.29. The standard InChI is InChI=1S/C27H29FN2O3/c1-32-25-13-7-20(8-14-25)27(31)30(23-11-9-22(28)10-12-23)24-15-17-29(18-16-24)19-21-5-3-4-6-26(21)33-2/h3-14,24H,15-19H2,1-2H3. The first kappa shape index (κ1) is 22.8. The summed E-state index contributed by atoms with van der Waals surface area (Å²) in [5.74, 6) is 1.18. The number of hydrogen-bond donors (Lipinski definition) is 0. The number of halogens is 1. The molecule has 1 heterocycles. The number of hydrogen-bond acceptors (Lipinski definition) is 4. The minimum atomic E-state index is -0.317. The van der Waals surface area contributed by atoms with E-state index in [2.05, 4.69) is 11.0 Å². The lowest BCUT2D eigenvalue weighted by Gasteiger charge is -2.39. The molecule has 0 bridgehead atoms. The molecule has 172 valence electrons. The summed E-state index contributed by atoms with van der Waals surface area (Å²) >= 11 is 0. The van der Waals surface area contributed by atoms with Crippen molar-refractivity contribution in [3.63, 3.8) is 0 Å². The molecule has 4 rings (SSSR count). The van der Waals surface area contributed by atoms with E-state index in [0.29, 0.717) is 17.0 Å². The molecule has 0 N–H and O–H groups in total. The Kier molecular flexibility index (Phi) is 7.25. The van der Waals surface area contributed by atoms with Crippen LogP contribution >= 0.6 is 0 Å². The highest BCUT2D eigenvalue weighted by Gasteiger charge is 2.30. The van der Waals surface area contributed by atoms with Crippen molar-refractivity contribution < 1.29 is 18.7 Å². The van der Waals surface area contributed by atoms with E-state index in [-0.39, 0.29) is 17.8 Å². The summed E-state index contributed by atoms with van der Waals surface area (Å²) in [6, 6.07) is 21.4. The molecule has 0 atom stereocenters. The lowest BCUT2D eigenvalue weighted by Crippen LogP contribution is -2.47. The number of rotatable bonds is 7. The van der Waals surface area contributed by atoms with E-state index in [4.69, 9.17) is 9.47 Å². The maximum absolute atomic E-state index is 13.6. The Hall–Kier alpha value is -3.38. The molecule has 33 heavy (non-hydrogen) atoms. The van der Waals surface area contributed by atoms with Crippen LogP contribution in [0.1, 0.15) is 28.8 Å². The maximum atomic E-state index is 13.6. The SMILES string of the molecule is COc1ccc(C(=O)N(c2ccc(F)cc2)C2CCN(Cc3ccccc3OC)CC2)cc1. The van der Waals surface area contributed by atoms with Crippen LogP contribution in [0.5, 0.6) is 11.5 Å². The molecule has 1 saturated heterocycles. The van der Waals surface area contributed by atoms with Gasteiger partial charge in [0.25, 0.3) is 5.91 Å². The van der Waals surface area contributed by atoms with Crippen molar-refractivity contribution in [1.29, 1.82) is 0 Å². The summed E-state index contributed by atoms with van der Waals surface area (Å²) < 4.78 is 24.3. The van der Waals surface area contributed by atoms with E-state index in [9.17, 15) is 9.18 Å². The van der Waals surface area contributed by atoms with Crippen LogP contribution in [0.15, 0.2) is 72.8 Å². The fraction of sp³-hybridized carbons (Fsp3) is 0.296. The zero-order chi connectivity index (χ0) is 23.2. The van der Waals surface area contributed by atoms with Crippen LogP contribution in [0.2, 0.25) is 0 Å². The predicted molar refractivity (Wildman–Crippen MR) is 127 cm³/mol. The molecule has 0 radical (unpaired) electrons. The number of likely N-dealkylation sites (tertiary alicyclic amines) is 1. The van der Waals surface area contributed by atoms with Crippen LogP contribution < -0.4 is 14.4 Å². The second kappa shape index (κ2) is 10.5. The van der Waals surface area contributed by atoms with Crippen molar-refractivity contribution in [2.75, 3.05) is 32.2 Å². The third-order valence-corrected chi connectivity index (χ3v) is 6.17. The molecular formula is C27H29FN2O3. The first-order valence-electron chi connectivity index (χ1n) is 11.2. The van der Waals surface area contributed by atoms with Crippen molar-refractivity contribution in [3.8, 4) is 11.5 Å². The molecule has 6 heteroatoms. The number of amides is 1. The molecule has 0 aliphatic carbocycles. The van der Waals surface area contributed by atoms with Gasteiger partial charge in [-0.2, -0.15) is 0 Å². The van der Waals surface area contributed by atoms with E-state index in [0.717, 1.165) is 43.8 Å². The lowest BCUT2D eigenvalue weighted by molar-refractivity contribution is 0.0958. The van der Waals surface area contributed by atoms with Crippen LogP contribution in [0.3, 0.4) is 0 Å². The van der Waals surface area contributed by atoms with Crippen molar-refractivity contribution in [2.45, 2.75) is 25.4 Å². The van der Waals surface area contributed by atoms with Crippen LogP contribution in [0.25, 0.3) is 0 Å². The summed E-state index contributed by atoms with van der Waals surface area (Å²) in [6.45, 7) is 2.52. The van der Waals surface area contributed by atoms with Gasteiger partial charge in [-0.15, -0.1) is 0 Å². The van der Waals surface area contributed by atoms with Gasteiger partial charge in [0.15, 0.2) is 0 Å². The number of nitrogens with zero attached hydrogens (tertiary/aromatic N) is 2. The first-order valence-corrected chi connectivity index (χ1v) is 11.2. The molecule has 3 aromatic carbocycles. The molecule has 1 fully saturated rings. The third kappa shape index (κ3) is 5.34. The number of benzene rings is 3. The number of methoxy groups -OCH3 is 2. The zero-order valence-electron chi connectivity index (χ0n) is 19.0. The van der Waals surface area contributed by atoms with E-state index in [1.54, 1.807) is 50.6 Å². The highest BCUT2D eigenvalue weighted by Crippen LogP contribution is 2.28. The number of carbonyl (C=O) groups is 1. The molecule has 0 spiro atoms. The van der Waals surface area contributed by atoms with Gasteiger partial charge in [-0.25, -0.2) is 4.39 Å². The normalized spacial score (nSPS) is 14.6. The van der Waals surface area contributed by atoms with Crippen molar-refractivity contribution in [3.05, 3.63) is 89.7 Å². The Morgan fingerprint density at radius 3 is 2.24 bits per heavy atom. The number of piperidine rings is 1. The topological polar surface area (TPSA) is 42.0 Å². The molecular weight excluding hydrogens is 419 g/mol. The van der Waals surface area contributed by atoms with Gasteiger partial charge in [0, 0.05) is 42.5 Å². The highest BCUT2D eigenvalue weighted by molar-refractivity contribution is 6.06. The molecule has 1 aliphatic heterocycles. The van der Waals surface area contributed by atoms with Crippen LogP contribution in [-0.2, 0) is 6.54 Å². The van der Waals surface area contributed by atoms with Gasteiger partial charge in [-0.3, -0.25) is 9.69 Å². The van der Waals surface area contributed by atoms with E-state index in [1.807, 2.05) is 23.1 Å². The predicted octanol–water partition coefficient (Wildman–Crippen LogP) is 5.15. The van der Waals surface area contributed by atoms with E-state index < -0.39 is 0 Å². The van der Waals surface area contributed by atoms with Crippen molar-refractivity contribution in [2.24, 2.45) is 0 Å². The molecule has 0 aromatic heterocycles. The smallest absolute Gasteiger partial charge is 0.258 e. The van der Waals surface area contributed by atoms with Crippen LogP contribution in [0, 0.1) is 5.82 Å². The number of carbonyl (C=O) groups excluding carboxylic acids is 1. The maximum Gasteiger partial charge on any atom is 0.258 e. The van der Waals surface area contributed by atoms with Crippen molar-refractivity contribution >= 4 is 11.6 Å². The molecule has 0 saturated carbocycles. The first-order chi connectivity index (χ1) is 16.1. The van der Waals surface area contributed by atoms with Gasteiger partial charge in [0.05, 0.1) is 14.2 Å². The molecule has 1 aliphatic rings. The van der Waals surface area contributed by atoms with Crippen LogP contribution in [0.4, 0.5) is 10.1 Å². The quantitative estimate of drug-likeness (QED) is 0.501. The summed E-state index contributed by atoms with van der Waals surface area (Å²) in [5, 5.41) is 0.